The molecule has 5 rings (SSSR count). The minimum Gasteiger partial charge on any atom is -0.508 e. The molecule has 0 spiro atoms. The van der Waals surface area contributed by atoms with E-state index in [-0.39, 0.29) is 89.8 Å². The first-order valence-corrected chi connectivity index (χ1v) is 38.9. The Balaban J connectivity index is 1.78. The number of nitrogens with zero attached hydrogens (tertiary/aromatic N) is 2. The number of hydrogen-bond acceptors (Lipinski definition) is 25. The number of phenols is 2. The van der Waals surface area contributed by atoms with Crippen molar-refractivity contribution in [2.45, 2.75) is 155 Å². The molecule has 0 unspecified atom stereocenters. The maximum Gasteiger partial charge on any atom is 0.326 e. The zero-order valence-electron chi connectivity index (χ0n) is 57.5. The first-order valence-electron chi connectivity index (χ1n) is 33.2. The lowest BCUT2D eigenvalue weighted by atomic mass is 10.0. The number of hydrogen-bond donors (Lipinski definition) is 22. The lowest BCUT2D eigenvalue weighted by molar-refractivity contribution is -0.146. The third-order valence-corrected chi connectivity index (χ3v) is 22.0. The van der Waals surface area contributed by atoms with Gasteiger partial charge < -0.3 is 123 Å². The Morgan fingerprint density at radius 1 is 0.673 bits per heavy atom. The van der Waals surface area contributed by atoms with Gasteiger partial charge in [-0.1, -0.05) is 39.8 Å². The summed E-state index contributed by atoms with van der Waals surface area (Å²) in [5.41, 5.74) is 28.3. The van der Waals surface area contributed by atoms with Crippen LogP contribution in [0.5, 0.6) is 11.5 Å². The van der Waals surface area contributed by atoms with Gasteiger partial charge in [-0.3, -0.25) is 72.1 Å². The number of aliphatic hydroxyl groups excluding tert-OH is 1. The van der Waals surface area contributed by atoms with E-state index in [0.717, 1.165) is 23.6 Å². The summed E-state index contributed by atoms with van der Waals surface area (Å²) >= 11 is 3.29. The van der Waals surface area contributed by atoms with Gasteiger partial charge in [0.2, 0.25) is 70.9 Å². The number of nitrogens with one attached hydrogen (secondary N) is 12. The maximum absolute atomic E-state index is 15.1. The molecule has 45 heteroatoms. The largest absolute Gasteiger partial charge is 0.508 e. The minimum atomic E-state index is -2.08. The lowest BCUT2D eigenvalue weighted by Gasteiger charge is -2.31. The lowest BCUT2D eigenvalue weighted by Crippen LogP contribution is -2.62. The van der Waals surface area contributed by atoms with Crippen LogP contribution < -0.4 is 92.5 Å². The number of fused-ring (bicyclic) bond motifs is 9. The third-order valence-electron chi connectivity index (χ3n) is 16.2. The summed E-state index contributed by atoms with van der Waals surface area (Å²) in [4.78, 5) is 230. The summed E-state index contributed by atoms with van der Waals surface area (Å²) in [6.45, 7) is -0.237. The Bertz CT molecular complexity index is 3610. The van der Waals surface area contributed by atoms with Crippen LogP contribution in [0.1, 0.15) is 75.8 Å². The van der Waals surface area contributed by atoms with E-state index in [9.17, 15) is 87.9 Å². The fourth-order valence-corrected chi connectivity index (χ4v) is 15.8. The number of primary amides is 2. The number of carboxylic acid groups (broad SMARTS) is 2. The van der Waals surface area contributed by atoms with Crippen molar-refractivity contribution >= 4 is 168 Å². The molecule has 0 saturated carbocycles. The number of urea groups is 1. The highest BCUT2D eigenvalue weighted by Gasteiger charge is 2.43. The van der Waals surface area contributed by atoms with E-state index in [2.05, 4.69) is 68.8 Å². The normalized spacial score (nSPS) is 24.4. The van der Waals surface area contributed by atoms with E-state index >= 15 is 14.4 Å². The highest BCUT2D eigenvalue weighted by Crippen LogP contribution is 2.27. The van der Waals surface area contributed by atoms with Gasteiger partial charge in [0, 0.05) is 61.2 Å². The van der Waals surface area contributed by atoms with Crippen molar-refractivity contribution in [1.29, 1.82) is 0 Å². The van der Waals surface area contributed by atoms with Gasteiger partial charge in [0.05, 0.1) is 22.6 Å². The number of amides is 15. The van der Waals surface area contributed by atoms with E-state index in [1.165, 1.54) is 42.5 Å². The minimum absolute atomic E-state index is 0.0391. The van der Waals surface area contributed by atoms with Gasteiger partial charge in [0.1, 0.15) is 78.0 Å². The molecular formula is C62H88IN19O21S4. The second-order valence-electron chi connectivity index (χ2n) is 24.5. The molecule has 2 bridgehead atoms. The van der Waals surface area contributed by atoms with Crippen molar-refractivity contribution in [2.24, 2.45) is 33.7 Å². The van der Waals surface area contributed by atoms with Crippen molar-refractivity contribution in [3.63, 3.8) is 0 Å². The first-order chi connectivity index (χ1) is 50.6. The number of benzene rings is 2. The number of carbonyl (C=O) groups excluding carboxylic acids is 14. The van der Waals surface area contributed by atoms with E-state index in [1.807, 2.05) is 0 Å². The summed E-state index contributed by atoms with van der Waals surface area (Å²) in [7, 11) is 1.38. The molecule has 2 aromatic carbocycles. The fourth-order valence-electron chi connectivity index (χ4n) is 10.7. The molecule has 3 aliphatic rings. The van der Waals surface area contributed by atoms with Crippen LogP contribution in [0.2, 0.25) is 0 Å². The van der Waals surface area contributed by atoms with Crippen molar-refractivity contribution in [1.82, 2.24) is 68.7 Å². The molecule has 3 fully saturated rings. The van der Waals surface area contributed by atoms with Gasteiger partial charge in [0.25, 0.3) is 5.91 Å². The van der Waals surface area contributed by atoms with Gasteiger partial charge >= 0.3 is 18.0 Å². The number of phenolic OH excluding ortho intramolecular Hbond substituents is 2. The first kappa shape index (κ1) is 88.3. The standard InChI is InChI=1S/C62H88IN19O21S4/c1-28(83)47-56(98)75-37(22-46(88)89)59(100)82-18-4-7-42(82)55(97)73-34(5-2-16-69-61(66)67)49(91)77-39-24-104-27-105-58(80-45(87)23-64)57(99)79-41(54(96)81-47)26-107-106-25-40(53(95)76-38(60(101)102)20-29-8-11-31(84)12-9-29)78-50(92)35(13-15-44(65)86)72-51(93)36(21-30-10-14-43(85)32(63)19-30)74-48(90)33(71-52(39)94)6-3-17-70-62(68)103/h8-12,14,19,28,33-42,47,58,83-85H,2-7,13,15-18,20-27,64H2,1H3,(H2,65,86)(H,71,94)(H,72,93)(H,73,97)(H,74,90)(H,75,98)(H,76,95)(H,77,91)(H,78,92)(H,79,99)(H,80,87)(H,81,96)(H,88,89)(H,101,102)(H4,66,67,69)(H3,68,70,103)/t28-,33+,34+,35+,36+,37+,38+,39+,40+,41+,42+,47+,58-/m1/s1. The van der Waals surface area contributed by atoms with Crippen molar-refractivity contribution < 1.29 is 102 Å². The number of aromatic hydroxyl groups is 2. The highest BCUT2D eigenvalue weighted by atomic mass is 127. The summed E-state index contributed by atoms with van der Waals surface area (Å²) < 4.78 is 0.268. The molecule has 0 aliphatic carbocycles. The van der Waals surface area contributed by atoms with Crippen LogP contribution in [-0.4, -0.2) is 258 Å². The smallest absolute Gasteiger partial charge is 0.326 e. The number of carboxylic acids is 2. The highest BCUT2D eigenvalue weighted by molar-refractivity contribution is 14.1. The molecule has 3 aliphatic heterocycles. The van der Waals surface area contributed by atoms with Crippen molar-refractivity contribution in [2.75, 3.05) is 48.5 Å². The number of halogens is 1. The number of aliphatic carboxylic acids is 2. The molecule has 107 heavy (non-hydrogen) atoms. The summed E-state index contributed by atoms with van der Waals surface area (Å²) in [6.07, 6.45) is -5.94. The average Bonchev–Trinajstić information content (AvgIpc) is 1.79. The van der Waals surface area contributed by atoms with Crippen LogP contribution in [0.4, 0.5) is 4.79 Å². The SMILES string of the molecule is C[C@@H](O)[C@@H]1NC(=O)[C@@H]2CSSC[C@@H](C(=O)N[C@@H](Cc3ccc(O)cc3)C(=O)O)NC(=O)[C@H](CCC(N)=O)NC(=O)[C@H](Cc3ccc(O)c(I)c3)NC(=O)[C@H](CCCNC(N)=O)NC(=O)[C@H](CSCS[C@@H](NC(=O)CN)C(=O)N2)NC(=O)[C@H](CCCN=C(N)N)NC(=O)[C@@H]2CCCN2C(=O)[C@H](CC(=O)O)NC1=O. The third kappa shape index (κ3) is 29.8. The van der Waals surface area contributed by atoms with Gasteiger partial charge in [-0.2, -0.15) is 0 Å². The second kappa shape index (κ2) is 44.1. The van der Waals surface area contributed by atoms with Gasteiger partial charge in [-0.05, 0) is 110 Å². The Hall–Kier alpha value is -9.32. The monoisotopic (exact) mass is 1690 g/mol. The molecule has 3 heterocycles. The fraction of sp³-hybridized carbons (Fsp3) is 0.532. The van der Waals surface area contributed by atoms with Crippen LogP contribution in [-0.2, 0) is 84.8 Å². The zero-order chi connectivity index (χ0) is 79.2. The number of carbonyl (C=O) groups is 16. The molecule has 0 aromatic heterocycles. The van der Waals surface area contributed by atoms with Crippen LogP contribution in [0, 0.1) is 3.57 Å². The molecule has 0 radical (unpaired) electrons. The number of aliphatic hydroxyl groups is 1. The van der Waals surface area contributed by atoms with E-state index in [0.29, 0.717) is 38.9 Å². The van der Waals surface area contributed by atoms with Gasteiger partial charge in [0.15, 0.2) is 11.3 Å². The van der Waals surface area contributed by atoms with Crippen molar-refractivity contribution in [3.8, 4) is 11.5 Å². The van der Waals surface area contributed by atoms with Crippen LogP contribution in [0.25, 0.3) is 0 Å². The average molecular weight is 1690 g/mol. The predicted molar refractivity (Wildman–Crippen MR) is 398 cm³/mol. The molecule has 2 aromatic rings. The summed E-state index contributed by atoms with van der Waals surface area (Å²) in [6, 6.07) is -11.5. The van der Waals surface area contributed by atoms with Crippen LogP contribution in [0.3, 0.4) is 0 Å². The molecule has 40 nitrogen and oxygen atoms in total. The van der Waals surface area contributed by atoms with E-state index in [4.69, 9.17) is 28.7 Å². The van der Waals surface area contributed by atoms with Crippen LogP contribution in [0.15, 0.2) is 47.5 Å². The van der Waals surface area contributed by atoms with Gasteiger partial charge in [-0.25, -0.2) is 9.59 Å². The molecule has 3 saturated heterocycles. The number of guanidine groups is 1. The quantitative estimate of drug-likeness (QED) is 0.0162. The molecular weight excluding hydrogens is 1600 g/mol. The Morgan fingerprint density at radius 2 is 1.25 bits per heavy atom. The Labute approximate surface area is 641 Å². The van der Waals surface area contributed by atoms with E-state index in [1.54, 1.807) is 22.6 Å². The van der Waals surface area contributed by atoms with Gasteiger partial charge in [-0.15, -0.1) is 23.5 Å². The molecule has 13 atom stereocenters. The number of aliphatic imine (C=N–C) groups is 1. The molecule has 27 N–H and O–H groups in total. The number of thioether (sulfide) groups is 2. The summed E-state index contributed by atoms with van der Waals surface area (Å²) in [5, 5.41) is 79.5. The molecule has 588 valence electrons. The number of rotatable bonds is 23. The maximum atomic E-state index is 15.1. The van der Waals surface area contributed by atoms with Crippen molar-refractivity contribution in [3.05, 3.63) is 57.2 Å². The Kier molecular flexibility index (Phi) is 36.4. The van der Waals surface area contributed by atoms with E-state index < -0.39 is 229 Å². The topological polar surface area (TPSA) is 664 Å². The summed E-state index contributed by atoms with van der Waals surface area (Å²) in [5.74, 6) is -20.4. The predicted octanol–water partition coefficient (Wildman–Crippen LogP) is -6.73. The van der Waals surface area contributed by atoms with Crippen LogP contribution >= 0.6 is 67.7 Å². The number of nitrogens with two attached hydrogens (primary N) is 5. The zero-order valence-corrected chi connectivity index (χ0v) is 63.0. The Morgan fingerprint density at radius 3 is 1.89 bits per heavy atom. The second-order valence-corrected chi connectivity index (χ2v) is 30.7. The molecule has 15 amide bonds.